The van der Waals surface area contributed by atoms with Gasteiger partial charge in [-0.2, -0.15) is 5.10 Å². The molecule has 142 valence electrons. The number of fused-ring (bicyclic) bond motifs is 3. The van der Waals surface area contributed by atoms with Crippen LogP contribution in [0.4, 0.5) is 0 Å². The number of carbonyl (C=O) groups excluding carboxylic acids is 1. The molecule has 0 N–H and O–H groups in total. The number of aromatic nitrogens is 3. The number of hydrogen-bond acceptors (Lipinski definition) is 4. The normalized spacial score (nSPS) is 28.5. The lowest BCUT2D eigenvalue weighted by Gasteiger charge is -2.29. The molecule has 5 nitrogen and oxygen atoms in total. The van der Waals surface area contributed by atoms with Gasteiger partial charge in [0, 0.05) is 29.6 Å². The van der Waals surface area contributed by atoms with Gasteiger partial charge in [-0.05, 0) is 75.7 Å². The first kappa shape index (κ1) is 17.0. The minimum Gasteiger partial charge on any atom is -0.474 e. The third kappa shape index (κ3) is 3.17. The van der Waals surface area contributed by atoms with Crippen LogP contribution >= 0.6 is 0 Å². The smallest absolute Gasteiger partial charge is 0.216 e. The van der Waals surface area contributed by atoms with Crippen molar-refractivity contribution in [1.82, 2.24) is 14.8 Å². The van der Waals surface area contributed by atoms with Crippen molar-refractivity contribution in [3.63, 3.8) is 0 Å². The average molecular weight is 365 g/mol. The molecule has 0 radical (unpaired) electrons. The summed E-state index contributed by atoms with van der Waals surface area (Å²) in [5.74, 6) is 2.94. The van der Waals surface area contributed by atoms with E-state index in [2.05, 4.69) is 14.8 Å². The van der Waals surface area contributed by atoms with Gasteiger partial charge in [-0.3, -0.25) is 9.48 Å². The molecule has 0 unspecified atom stereocenters. The molecule has 3 aliphatic rings. The lowest BCUT2D eigenvalue weighted by molar-refractivity contribution is 0.111. The maximum atomic E-state index is 11.4. The highest BCUT2D eigenvalue weighted by Gasteiger charge is 2.49. The van der Waals surface area contributed by atoms with Gasteiger partial charge in [-0.15, -0.1) is 0 Å². The monoisotopic (exact) mass is 365 g/mol. The summed E-state index contributed by atoms with van der Waals surface area (Å²) in [6.45, 7) is 3.00. The van der Waals surface area contributed by atoms with Crippen LogP contribution in [0.1, 0.15) is 71.8 Å². The third-order valence-electron chi connectivity index (χ3n) is 6.77. The van der Waals surface area contributed by atoms with Crippen molar-refractivity contribution < 1.29 is 9.53 Å². The Kier molecular flexibility index (Phi) is 4.25. The van der Waals surface area contributed by atoms with Crippen LogP contribution in [0.15, 0.2) is 18.3 Å². The van der Waals surface area contributed by atoms with Crippen LogP contribution in [0.3, 0.4) is 0 Å². The molecular weight excluding hydrogens is 338 g/mol. The van der Waals surface area contributed by atoms with Crippen LogP contribution in [0.25, 0.3) is 0 Å². The van der Waals surface area contributed by atoms with E-state index in [0.717, 1.165) is 61.8 Å². The van der Waals surface area contributed by atoms with E-state index in [9.17, 15) is 4.79 Å². The molecule has 3 aliphatic carbocycles. The number of pyridine rings is 1. The lowest BCUT2D eigenvalue weighted by atomic mass is 9.85. The molecule has 0 aliphatic heterocycles. The van der Waals surface area contributed by atoms with E-state index in [4.69, 9.17) is 4.74 Å². The molecule has 2 saturated carbocycles. The number of hydrogen-bond donors (Lipinski definition) is 0. The Morgan fingerprint density at radius 3 is 2.93 bits per heavy atom. The van der Waals surface area contributed by atoms with Crippen LogP contribution in [0.5, 0.6) is 5.88 Å². The highest BCUT2D eigenvalue weighted by Crippen LogP contribution is 2.57. The van der Waals surface area contributed by atoms with Gasteiger partial charge >= 0.3 is 0 Å². The Morgan fingerprint density at radius 2 is 2.15 bits per heavy atom. The standard InChI is InChI=1S/C22H27N3O2/c1-14-3-2-9-23-22(14)27-17-6-4-15(5-7-17)8-10-25-20-12-16-11-18(16)21(20)19(13-26)24-25/h2-3,9,13,15-18H,4-8,10-12H2,1H3/t15?,16-,17?,18-/m1/s1. The second-order valence-corrected chi connectivity index (χ2v) is 8.57. The molecule has 0 aromatic carbocycles. The van der Waals surface area contributed by atoms with Gasteiger partial charge < -0.3 is 4.74 Å². The van der Waals surface area contributed by atoms with E-state index in [0.29, 0.717) is 11.6 Å². The van der Waals surface area contributed by atoms with Crippen LogP contribution in [-0.2, 0) is 13.0 Å². The topological polar surface area (TPSA) is 57.0 Å². The summed E-state index contributed by atoms with van der Waals surface area (Å²) >= 11 is 0. The number of aryl methyl sites for hydroxylation is 2. The zero-order chi connectivity index (χ0) is 18.4. The summed E-state index contributed by atoms with van der Waals surface area (Å²) in [5, 5.41) is 4.61. The summed E-state index contributed by atoms with van der Waals surface area (Å²) < 4.78 is 8.27. The summed E-state index contributed by atoms with van der Waals surface area (Å²) in [4.78, 5) is 15.7. The summed E-state index contributed by atoms with van der Waals surface area (Å²) in [5.41, 5.74) is 4.44. The Bertz CT molecular complexity index is 851. The Labute approximate surface area is 160 Å². The van der Waals surface area contributed by atoms with Gasteiger partial charge in [0.15, 0.2) is 6.29 Å². The van der Waals surface area contributed by atoms with E-state index >= 15 is 0 Å². The number of ether oxygens (including phenoxy) is 1. The van der Waals surface area contributed by atoms with Gasteiger partial charge in [0.05, 0.1) is 0 Å². The van der Waals surface area contributed by atoms with Crippen molar-refractivity contribution in [3.05, 3.63) is 40.8 Å². The third-order valence-corrected chi connectivity index (χ3v) is 6.77. The van der Waals surface area contributed by atoms with Crippen molar-refractivity contribution in [2.75, 3.05) is 0 Å². The number of rotatable bonds is 6. The highest BCUT2D eigenvalue weighted by atomic mass is 16.5. The van der Waals surface area contributed by atoms with Gasteiger partial charge in [0.25, 0.3) is 0 Å². The van der Waals surface area contributed by atoms with Gasteiger partial charge in [0.1, 0.15) is 11.8 Å². The van der Waals surface area contributed by atoms with Crippen LogP contribution in [0.2, 0.25) is 0 Å². The van der Waals surface area contributed by atoms with Crippen molar-refractivity contribution in [1.29, 1.82) is 0 Å². The molecule has 0 amide bonds. The predicted molar refractivity (Wildman–Crippen MR) is 102 cm³/mol. The predicted octanol–water partition coefficient (Wildman–Crippen LogP) is 4.09. The van der Waals surface area contributed by atoms with Gasteiger partial charge in [-0.1, -0.05) is 6.07 Å². The van der Waals surface area contributed by atoms with Crippen molar-refractivity contribution in [2.24, 2.45) is 11.8 Å². The first-order chi connectivity index (χ1) is 13.2. The molecule has 27 heavy (non-hydrogen) atoms. The molecule has 0 saturated heterocycles. The quantitative estimate of drug-likeness (QED) is 0.724. The van der Waals surface area contributed by atoms with Crippen LogP contribution in [-0.4, -0.2) is 27.2 Å². The van der Waals surface area contributed by atoms with Crippen LogP contribution in [0, 0.1) is 18.8 Å². The molecule has 2 heterocycles. The molecule has 2 atom stereocenters. The zero-order valence-electron chi connectivity index (χ0n) is 15.9. The second-order valence-electron chi connectivity index (χ2n) is 8.57. The van der Waals surface area contributed by atoms with E-state index in [1.165, 1.54) is 30.5 Å². The van der Waals surface area contributed by atoms with Gasteiger partial charge in [-0.25, -0.2) is 4.98 Å². The fourth-order valence-electron chi connectivity index (χ4n) is 5.09. The van der Waals surface area contributed by atoms with E-state index in [-0.39, 0.29) is 6.10 Å². The zero-order valence-corrected chi connectivity index (χ0v) is 15.9. The van der Waals surface area contributed by atoms with Crippen molar-refractivity contribution in [2.45, 2.75) is 70.4 Å². The number of nitrogens with zero attached hydrogens (tertiary/aromatic N) is 3. The SMILES string of the molecule is Cc1cccnc1OC1CCC(CCn2nc(C=O)c3c2C[C@H]2C[C@@H]32)CC1. The largest absolute Gasteiger partial charge is 0.474 e. The fraction of sp³-hybridized carbons (Fsp3) is 0.591. The molecule has 0 spiro atoms. The van der Waals surface area contributed by atoms with Crippen molar-refractivity contribution >= 4 is 6.29 Å². The molecule has 2 aromatic heterocycles. The summed E-state index contributed by atoms with van der Waals surface area (Å²) in [6.07, 6.45) is 11.2. The molecule has 2 aromatic rings. The summed E-state index contributed by atoms with van der Waals surface area (Å²) in [7, 11) is 0. The van der Waals surface area contributed by atoms with Crippen LogP contribution < -0.4 is 4.74 Å². The lowest BCUT2D eigenvalue weighted by Crippen LogP contribution is -2.25. The Morgan fingerprint density at radius 1 is 1.30 bits per heavy atom. The highest BCUT2D eigenvalue weighted by molar-refractivity contribution is 5.76. The first-order valence-corrected chi connectivity index (χ1v) is 10.4. The second kappa shape index (κ2) is 6.77. The maximum Gasteiger partial charge on any atom is 0.216 e. The van der Waals surface area contributed by atoms with E-state index in [1.54, 1.807) is 6.20 Å². The average Bonchev–Trinajstić information content (AvgIpc) is 3.21. The number of carbonyl (C=O) groups is 1. The molecule has 0 bridgehead atoms. The number of aldehydes is 1. The molecule has 5 heteroatoms. The Balaban J connectivity index is 1.15. The van der Waals surface area contributed by atoms with E-state index < -0.39 is 0 Å². The molecule has 5 rings (SSSR count). The fourth-order valence-corrected chi connectivity index (χ4v) is 5.09. The molecular formula is C22H27N3O2. The minimum absolute atomic E-state index is 0.289. The van der Waals surface area contributed by atoms with Crippen molar-refractivity contribution in [3.8, 4) is 5.88 Å². The first-order valence-electron chi connectivity index (χ1n) is 10.4. The van der Waals surface area contributed by atoms with E-state index in [1.807, 2.05) is 19.1 Å². The maximum absolute atomic E-state index is 11.4. The molecule has 2 fully saturated rings. The van der Waals surface area contributed by atoms with Gasteiger partial charge in [0.2, 0.25) is 5.88 Å². The minimum atomic E-state index is 0.289. The summed E-state index contributed by atoms with van der Waals surface area (Å²) in [6, 6.07) is 4.00. The Hall–Kier alpha value is -2.17.